The fraction of sp³-hybridized carbons (Fsp3) is 0.231. The van der Waals surface area contributed by atoms with Crippen LogP contribution in [0.1, 0.15) is 16.8 Å². The van der Waals surface area contributed by atoms with Crippen LogP contribution in [0.25, 0.3) is 0 Å². The molecular weight excluding hydrogens is 328 g/mol. The van der Waals surface area contributed by atoms with Crippen LogP contribution in [0.2, 0.25) is 0 Å². The van der Waals surface area contributed by atoms with Crippen LogP contribution in [0, 0.1) is 0 Å². The average molecular weight is 337 g/mol. The fourth-order valence-corrected chi connectivity index (χ4v) is 1.79. The third-order valence-electron chi connectivity index (χ3n) is 2.78. The summed E-state index contributed by atoms with van der Waals surface area (Å²) in [5.74, 6) is -0.776. The summed E-state index contributed by atoms with van der Waals surface area (Å²) >= 11 is 0. The molecule has 0 radical (unpaired) electrons. The topological polar surface area (TPSA) is 57.8 Å². The Labute approximate surface area is 125 Å². The highest BCUT2D eigenvalue weighted by Gasteiger charge is 2.37. The Kier molecular flexibility index (Phi) is 4.35. The molecule has 0 spiro atoms. The quantitative estimate of drug-likeness (QED) is 0.841. The van der Waals surface area contributed by atoms with E-state index in [1.165, 1.54) is 12.3 Å². The van der Waals surface area contributed by atoms with Crippen LogP contribution in [-0.4, -0.2) is 16.1 Å². The molecule has 1 amide bonds. The summed E-state index contributed by atoms with van der Waals surface area (Å²) in [6.07, 6.45) is -8.85. The van der Waals surface area contributed by atoms with Gasteiger partial charge in [0.2, 0.25) is 5.91 Å². The average Bonchev–Trinajstić information content (AvgIpc) is 2.88. The van der Waals surface area contributed by atoms with Crippen LogP contribution >= 0.6 is 0 Å². The first-order chi connectivity index (χ1) is 10.6. The highest BCUT2D eigenvalue weighted by atomic mass is 19.4. The minimum atomic E-state index is -4.97. The first-order valence-corrected chi connectivity index (χ1v) is 6.13. The lowest BCUT2D eigenvalue weighted by Crippen LogP contribution is -2.17. The van der Waals surface area contributed by atoms with Crippen LogP contribution in [0.15, 0.2) is 30.5 Å². The van der Waals surface area contributed by atoms with Gasteiger partial charge in [0, 0.05) is 17.6 Å². The largest absolute Gasteiger partial charge is 0.416 e. The van der Waals surface area contributed by atoms with Crippen molar-refractivity contribution < 1.29 is 31.1 Å². The van der Waals surface area contributed by atoms with E-state index in [1.54, 1.807) is 0 Å². The van der Waals surface area contributed by atoms with Crippen LogP contribution in [0.3, 0.4) is 0 Å². The number of alkyl halides is 6. The Hall–Kier alpha value is -2.52. The van der Waals surface area contributed by atoms with E-state index in [1.807, 2.05) is 5.32 Å². The lowest BCUT2D eigenvalue weighted by molar-refractivity contribution is -0.143. The number of amides is 1. The van der Waals surface area contributed by atoms with Gasteiger partial charge in [0.1, 0.15) is 0 Å². The number of H-pyrrole nitrogens is 1. The molecular formula is C13H9F6N3O. The van der Waals surface area contributed by atoms with Crippen molar-refractivity contribution >= 4 is 11.6 Å². The number of hydrogen-bond donors (Lipinski definition) is 2. The zero-order valence-electron chi connectivity index (χ0n) is 11.2. The predicted molar refractivity (Wildman–Crippen MR) is 67.4 cm³/mol. The minimum absolute atomic E-state index is 0.00938. The maximum atomic E-state index is 12.7. The number of aromatic nitrogens is 2. The van der Waals surface area contributed by atoms with E-state index in [0.717, 1.165) is 0 Å². The first kappa shape index (κ1) is 16.8. The molecule has 1 heterocycles. The molecule has 2 rings (SSSR count). The van der Waals surface area contributed by atoms with Gasteiger partial charge in [0.05, 0.1) is 17.5 Å². The minimum Gasteiger partial charge on any atom is -0.326 e. The van der Waals surface area contributed by atoms with Gasteiger partial charge < -0.3 is 5.32 Å². The van der Waals surface area contributed by atoms with Gasteiger partial charge in [-0.1, -0.05) is 0 Å². The number of anilines is 1. The Morgan fingerprint density at radius 1 is 1.04 bits per heavy atom. The highest BCUT2D eigenvalue weighted by Crippen LogP contribution is 2.37. The zero-order chi connectivity index (χ0) is 17.3. The molecule has 0 bridgehead atoms. The van der Waals surface area contributed by atoms with E-state index in [-0.39, 0.29) is 12.5 Å². The van der Waals surface area contributed by atoms with Crippen molar-refractivity contribution in [3.63, 3.8) is 0 Å². The number of benzene rings is 1. The molecule has 0 saturated carbocycles. The third kappa shape index (κ3) is 4.47. The van der Waals surface area contributed by atoms with Crippen molar-refractivity contribution in [1.82, 2.24) is 10.2 Å². The van der Waals surface area contributed by atoms with E-state index in [2.05, 4.69) is 10.2 Å². The molecule has 4 nitrogen and oxygen atoms in total. The Morgan fingerprint density at radius 3 is 2.04 bits per heavy atom. The molecule has 0 atom stereocenters. The number of nitrogens with zero attached hydrogens (tertiary/aromatic N) is 1. The Balaban J connectivity index is 2.28. The number of rotatable bonds is 3. The molecule has 23 heavy (non-hydrogen) atoms. The van der Waals surface area contributed by atoms with Crippen LogP contribution < -0.4 is 5.32 Å². The van der Waals surface area contributed by atoms with E-state index < -0.39 is 35.1 Å². The van der Waals surface area contributed by atoms with Gasteiger partial charge in [-0.2, -0.15) is 31.4 Å². The summed E-state index contributed by atoms with van der Waals surface area (Å²) in [5, 5.41) is 8.05. The van der Waals surface area contributed by atoms with Crippen LogP contribution in [0.5, 0.6) is 0 Å². The van der Waals surface area contributed by atoms with Crippen LogP contribution in [0.4, 0.5) is 32.0 Å². The lowest BCUT2D eigenvalue weighted by Gasteiger charge is -2.14. The normalized spacial score (nSPS) is 12.3. The maximum Gasteiger partial charge on any atom is 0.416 e. The van der Waals surface area contributed by atoms with Crippen molar-refractivity contribution in [2.45, 2.75) is 18.8 Å². The standard InChI is InChI=1S/C13H9F6N3O/c14-12(15,16)7-3-8(13(17,18)19)5-10(4-7)21-11(23)6-9-1-2-20-22-9/h1-5H,6H2,(H,20,22)(H,21,23). The van der Waals surface area contributed by atoms with E-state index in [4.69, 9.17) is 0 Å². The van der Waals surface area contributed by atoms with Crippen molar-refractivity contribution in [1.29, 1.82) is 0 Å². The highest BCUT2D eigenvalue weighted by molar-refractivity contribution is 5.92. The second-order valence-electron chi connectivity index (χ2n) is 4.60. The molecule has 0 aliphatic carbocycles. The summed E-state index contributed by atoms with van der Waals surface area (Å²) in [4.78, 5) is 11.7. The second kappa shape index (κ2) is 5.94. The molecule has 1 aromatic heterocycles. The fourth-order valence-electron chi connectivity index (χ4n) is 1.79. The number of aromatic amines is 1. The van der Waals surface area contributed by atoms with Crippen molar-refractivity contribution in [2.75, 3.05) is 5.32 Å². The monoisotopic (exact) mass is 337 g/mol. The molecule has 124 valence electrons. The SMILES string of the molecule is O=C(Cc1ccn[nH]1)Nc1cc(C(F)(F)F)cc(C(F)(F)F)c1. The summed E-state index contributed by atoms with van der Waals surface area (Å²) < 4.78 is 76.1. The third-order valence-corrected chi connectivity index (χ3v) is 2.78. The van der Waals surface area contributed by atoms with E-state index in [9.17, 15) is 31.1 Å². The number of hydrogen-bond acceptors (Lipinski definition) is 2. The first-order valence-electron chi connectivity index (χ1n) is 6.13. The number of carbonyl (C=O) groups excluding carboxylic acids is 1. The summed E-state index contributed by atoms with van der Waals surface area (Å²) in [5.41, 5.74) is -3.21. The van der Waals surface area contributed by atoms with Crippen molar-refractivity contribution in [3.05, 3.63) is 47.3 Å². The molecule has 0 saturated heterocycles. The van der Waals surface area contributed by atoms with Gasteiger partial charge in [0.25, 0.3) is 0 Å². The molecule has 0 fully saturated rings. The van der Waals surface area contributed by atoms with Gasteiger partial charge in [-0.3, -0.25) is 9.89 Å². The molecule has 2 N–H and O–H groups in total. The molecule has 0 aliphatic heterocycles. The van der Waals surface area contributed by atoms with Gasteiger partial charge >= 0.3 is 12.4 Å². The van der Waals surface area contributed by atoms with Crippen molar-refractivity contribution in [3.8, 4) is 0 Å². The smallest absolute Gasteiger partial charge is 0.326 e. The maximum absolute atomic E-state index is 12.7. The van der Waals surface area contributed by atoms with Gasteiger partial charge in [-0.05, 0) is 24.3 Å². The van der Waals surface area contributed by atoms with Gasteiger partial charge in [0.15, 0.2) is 0 Å². The zero-order valence-corrected chi connectivity index (χ0v) is 11.2. The predicted octanol–water partition coefficient (Wildman–Crippen LogP) is 3.63. The van der Waals surface area contributed by atoms with Crippen molar-refractivity contribution in [2.24, 2.45) is 0 Å². The number of halogens is 6. The molecule has 0 aliphatic rings. The molecule has 2 aromatic rings. The van der Waals surface area contributed by atoms with Crippen LogP contribution in [-0.2, 0) is 23.6 Å². The van der Waals surface area contributed by atoms with E-state index >= 15 is 0 Å². The number of carbonyl (C=O) groups is 1. The Bertz CT molecular complexity index is 658. The lowest BCUT2D eigenvalue weighted by atomic mass is 10.1. The van der Waals surface area contributed by atoms with E-state index in [0.29, 0.717) is 17.8 Å². The number of nitrogens with one attached hydrogen (secondary N) is 2. The summed E-state index contributed by atoms with van der Waals surface area (Å²) in [7, 11) is 0. The Morgan fingerprint density at radius 2 is 1.61 bits per heavy atom. The summed E-state index contributed by atoms with van der Waals surface area (Å²) in [6.45, 7) is 0. The summed E-state index contributed by atoms with van der Waals surface area (Å²) in [6, 6.07) is 2.33. The van der Waals surface area contributed by atoms with Gasteiger partial charge in [-0.15, -0.1) is 0 Å². The van der Waals surface area contributed by atoms with Gasteiger partial charge in [-0.25, -0.2) is 0 Å². The molecule has 1 aromatic carbocycles. The molecule has 10 heteroatoms. The second-order valence-corrected chi connectivity index (χ2v) is 4.60. The molecule has 0 unspecified atom stereocenters.